The molecule has 0 bridgehead atoms. The van der Waals surface area contributed by atoms with Gasteiger partial charge in [-0.15, -0.1) is 0 Å². The second kappa shape index (κ2) is 6.94. The van der Waals surface area contributed by atoms with Crippen molar-refractivity contribution in [2.24, 2.45) is 0 Å². The average Bonchev–Trinajstić information content (AvgIpc) is 2.87. The van der Waals surface area contributed by atoms with E-state index in [1.54, 1.807) is 14.0 Å². The molecule has 2 rings (SSSR count). The summed E-state index contributed by atoms with van der Waals surface area (Å²) in [7, 11) is 1.62. The molecule has 0 unspecified atom stereocenters. The molecule has 1 aromatic heterocycles. The summed E-state index contributed by atoms with van der Waals surface area (Å²) in [6.45, 7) is 2.60. The van der Waals surface area contributed by atoms with Gasteiger partial charge in [-0.05, 0) is 36.2 Å². The molecule has 0 radical (unpaired) electrons. The van der Waals surface area contributed by atoms with Gasteiger partial charge in [0.25, 0.3) is 0 Å². The van der Waals surface area contributed by atoms with E-state index in [1.165, 1.54) is 0 Å². The summed E-state index contributed by atoms with van der Waals surface area (Å²) in [5.74, 6) is 0.532. The molecule has 2 aromatic rings. The fraction of sp³-hybridized carbons (Fsp3) is 0.286. The zero-order valence-electron chi connectivity index (χ0n) is 11.9. The van der Waals surface area contributed by atoms with Crippen LogP contribution in [0.2, 0.25) is 0 Å². The maximum absolute atomic E-state index is 11.9. The number of ether oxygens (including phenoxy) is 2. The van der Waals surface area contributed by atoms with E-state index in [0.29, 0.717) is 23.7 Å². The van der Waals surface area contributed by atoms with Crippen LogP contribution in [0.3, 0.4) is 0 Å². The smallest absolute Gasteiger partial charge is 0.344 e. The first-order valence-electron chi connectivity index (χ1n) is 6.44. The molecule has 0 saturated carbocycles. The van der Waals surface area contributed by atoms with Crippen LogP contribution in [0.25, 0.3) is 0 Å². The summed E-state index contributed by atoms with van der Waals surface area (Å²) in [6, 6.07) is 7.65. The van der Waals surface area contributed by atoms with Gasteiger partial charge in [-0.3, -0.25) is 0 Å². The normalized spacial score (nSPS) is 10.2. The summed E-state index contributed by atoms with van der Waals surface area (Å²) in [5, 5.41) is 3.77. The van der Waals surface area contributed by atoms with E-state index in [2.05, 4.69) is 9.69 Å². The zero-order chi connectivity index (χ0) is 15.2. The molecule has 1 aromatic carbocycles. The van der Waals surface area contributed by atoms with Gasteiger partial charge in [0.1, 0.15) is 16.3 Å². The van der Waals surface area contributed by atoms with Crippen LogP contribution >= 0.6 is 11.5 Å². The highest BCUT2D eigenvalue weighted by atomic mass is 32.1. The number of benzene rings is 1. The molecule has 112 valence electrons. The van der Waals surface area contributed by atoms with Gasteiger partial charge in [0.2, 0.25) is 0 Å². The zero-order valence-corrected chi connectivity index (χ0v) is 12.7. The Hall–Kier alpha value is -2.28. The molecule has 3 N–H and O–H groups in total. The van der Waals surface area contributed by atoms with E-state index in [4.69, 9.17) is 15.2 Å². The van der Waals surface area contributed by atoms with Gasteiger partial charge in [-0.2, -0.15) is 4.37 Å². The van der Waals surface area contributed by atoms with E-state index in [1.807, 2.05) is 24.3 Å². The number of anilines is 2. The molecule has 0 aliphatic rings. The maximum Gasteiger partial charge on any atom is 0.344 e. The number of carbonyl (C=O) groups excluding carboxylic acids is 1. The Morgan fingerprint density at radius 1 is 1.38 bits per heavy atom. The number of methoxy groups -OCH3 is 1. The van der Waals surface area contributed by atoms with E-state index in [0.717, 1.165) is 22.8 Å². The fourth-order valence-electron chi connectivity index (χ4n) is 1.75. The summed E-state index contributed by atoms with van der Waals surface area (Å²) < 4.78 is 14.1. The molecule has 0 aliphatic carbocycles. The first kappa shape index (κ1) is 15.1. The number of nitrogen functional groups attached to an aromatic ring is 1. The van der Waals surface area contributed by atoms with E-state index in [9.17, 15) is 4.79 Å². The van der Waals surface area contributed by atoms with Gasteiger partial charge in [-0.1, -0.05) is 12.1 Å². The Morgan fingerprint density at radius 2 is 2.10 bits per heavy atom. The molecule has 0 amide bonds. The van der Waals surface area contributed by atoms with Crippen LogP contribution in [0.1, 0.15) is 22.8 Å². The second-order valence-corrected chi connectivity index (χ2v) is 4.97. The maximum atomic E-state index is 11.9. The van der Waals surface area contributed by atoms with Crippen molar-refractivity contribution < 1.29 is 14.3 Å². The van der Waals surface area contributed by atoms with Crippen molar-refractivity contribution in [2.45, 2.75) is 13.5 Å². The number of carbonyl (C=O) groups is 1. The molecule has 0 spiro atoms. The molecule has 0 aliphatic heterocycles. The highest BCUT2D eigenvalue weighted by Gasteiger charge is 2.20. The van der Waals surface area contributed by atoms with E-state index in [-0.39, 0.29) is 5.82 Å². The first-order valence-corrected chi connectivity index (χ1v) is 7.22. The lowest BCUT2D eigenvalue weighted by atomic mass is 10.2. The number of nitrogens with zero attached hydrogens (tertiary/aromatic N) is 1. The number of esters is 1. The highest BCUT2D eigenvalue weighted by molar-refractivity contribution is 7.11. The third-order valence-corrected chi connectivity index (χ3v) is 3.63. The van der Waals surface area contributed by atoms with Gasteiger partial charge >= 0.3 is 5.97 Å². The Bertz CT molecular complexity index is 610. The predicted molar refractivity (Wildman–Crippen MR) is 82.8 cm³/mol. The third-order valence-electron chi connectivity index (χ3n) is 2.81. The molecule has 21 heavy (non-hydrogen) atoms. The SMILES string of the molecule is CCOC(=O)c1c(N)nsc1NCc1ccc(OC)cc1. The first-order chi connectivity index (χ1) is 10.2. The van der Waals surface area contributed by atoms with Crippen LogP contribution in [-0.2, 0) is 11.3 Å². The molecule has 0 atom stereocenters. The van der Waals surface area contributed by atoms with Crippen LogP contribution in [0.5, 0.6) is 5.75 Å². The van der Waals surface area contributed by atoms with Crippen molar-refractivity contribution in [1.29, 1.82) is 0 Å². The summed E-state index contributed by atoms with van der Waals surface area (Å²) in [4.78, 5) is 11.9. The van der Waals surface area contributed by atoms with Gasteiger partial charge in [-0.25, -0.2) is 4.79 Å². The Kier molecular flexibility index (Phi) is 4.99. The second-order valence-electron chi connectivity index (χ2n) is 4.19. The van der Waals surface area contributed by atoms with Gasteiger partial charge in [0.15, 0.2) is 5.82 Å². The van der Waals surface area contributed by atoms with Gasteiger partial charge < -0.3 is 20.5 Å². The minimum absolute atomic E-state index is 0.190. The molecule has 0 saturated heterocycles. The third kappa shape index (κ3) is 3.63. The number of nitrogens with two attached hydrogens (primary N) is 1. The predicted octanol–water partition coefficient (Wildman–Crippen LogP) is 2.52. The topological polar surface area (TPSA) is 86.5 Å². The van der Waals surface area contributed by atoms with Gasteiger partial charge in [0.05, 0.1) is 13.7 Å². The molecule has 6 nitrogen and oxygen atoms in total. The minimum atomic E-state index is -0.457. The van der Waals surface area contributed by atoms with Crippen molar-refractivity contribution in [3.8, 4) is 5.75 Å². The van der Waals surface area contributed by atoms with Crippen molar-refractivity contribution in [2.75, 3.05) is 24.8 Å². The lowest BCUT2D eigenvalue weighted by Crippen LogP contribution is -2.10. The molecular weight excluding hydrogens is 290 g/mol. The number of nitrogens with one attached hydrogen (secondary N) is 1. The van der Waals surface area contributed by atoms with E-state index >= 15 is 0 Å². The van der Waals surface area contributed by atoms with Crippen molar-refractivity contribution in [3.63, 3.8) is 0 Å². The molecule has 0 fully saturated rings. The van der Waals surface area contributed by atoms with E-state index < -0.39 is 5.97 Å². The van der Waals surface area contributed by atoms with Crippen LogP contribution in [0.15, 0.2) is 24.3 Å². The lowest BCUT2D eigenvalue weighted by Gasteiger charge is -2.07. The largest absolute Gasteiger partial charge is 0.497 e. The van der Waals surface area contributed by atoms with Crippen LogP contribution in [0.4, 0.5) is 10.8 Å². The Morgan fingerprint density at radius 3 is 2.71 bits per heavy atom. The van der Waals surface area contributed by atoms with Crippen molar-refractivity contribution in [1.82, 2.24) is 4.37 Å². The van der Waals surface area contributed by atoms with Crippen LogP contribution < -0.4 is 15.8 Å². The Labute approximate surface area is 127 Å². The molecule has 7 heteroatoms. The van der Waals surface area contributed by atoms with Gasteiger partial charge in [0, 0.05) is 6.54 Å². The summed E-state index contributed by atoms with van der Waals surface area (Å²) in [6.07, 6.45) is 0. The van der Waals surface area contributed by atoms with Crippen LogP contribution in [-0.4, -0.2) is 24.1 Å². The van der Waals surface area contributed by atoms with Crippen molar-refractivity contribution in [3.05, 3.63) is 35.4 Å². The lowest BCUT2D eigenvalue weighted by molar-refractivity contribution is 0.0529. The molecular formula is C14H17N3O3S. The highest BCUT2D eigenvalue weighted by Crippen LogP contribution is 2.28. The standard InChI is InChI=1S/C14H17N3O3S/c1-3-20-14(18)11-12(15)17-21-13(11)16-8-9-4-6-10(19-2)7-5-9/h4-7,16H,3,8H2,1-2H3,(H2,15,17). The number of hydrogen-bond donors (Lipinski definition) is 2. The Balaban J connectivity index is 2.07. The summed E-state index contributed by atoms with van der Waals surface area (Å²) >= 11 is 1.15. The monoisotopic (exact) mass is 307 g/mol. The quantitative estimate of drug-likeness (QED) is 0.798. The number of rotatable bonds is 6. The van der Waals surface area contributed by atoms with Crippen LogP contribution in [0, 0.1) is 0 Å². The average molecular weight is 307 g/mol. The van der Waals surface area contributed by atoms with Crippen molar-refractivity contribution >= 4 is 28.3 Å². The summed E-state index contributed by atoms with van der Waals surface area (Å²) in [5.41, 5.74) is 7.08. The molecule has 1 heterocycles. The minimum Gasteiger partial charge on any atom is -0.497 e. The number of aromatic nitrogens is 1. The fourth-order valence-corrected chi connectivity index (χ4v) is 2.45. The number of hydrogen-bond acceptors (Lipinski definition) is 7.